The Labute approximate surface area is 116 Å². The maximum absolute atomic E-state index is 5.75. The van der Waals surface area contributed by atoms with Gasteiger partial charge in [0, 0.05) is 12.7 Å². The van der Waals surface area contributed by atoms with Crippen molar-refractivity contribution in [3.05, 3.63) is 18.3 Å². The second kappa shape index (κ2) is 7.37. The zero-order chi connectivity index (χ0) is 13.5. The maximum Gasteiger partial charge on any atom is 0.168 e. The molecule has 1 aromatic heterocycles. The van der Waals surface area contributed by atoms with E-state index in [1.807, 2.05) is 32.2 Å². The van der Waals surface area contributed by atoms with Crippen molar-refractivity contribution >= 4 is 5.82 Å². The van der Waals surface area contributed by atoms with Crippen molar-refractivity contribution in [3.8, 4) is 5.75 Å². The molecule has 1 aromatic rings. The van der Waals surface area contributed by atoms with E-state index >= 15 is 0 Å². The molecule has 1 aliphatic rings. The highest BCUT2D eigenvalue weighted by Crippen LogP contribution is 2.28. The Morgan fingerprint density at radius 1 is 1.37 bits per heavy atom. The van der Waals surface area contributed by atoms with Gasteiger partial charge in [0.15, 0.2) is 11.6 Å². The van der Waals surface area contributed by atoms with Gasteiger partial charge in [-0.3, -0.25) is 0 Å². The van der Waals surface area contributed by atoms with Crippen molar-refractivity contribution in [2.45, 2.75) is 58.5 Å². The molecule has 1 heterocycles. The Hall–Kier alpha value is -1.25. The van der Waals surface area contributed by atoms with Crippen LogP contribution in [-0.2, 0) is 0 Å². The predicted molar refractivity (Wildman–Crippen MR) is 79.7 cm³/mol. The Balaban J connectivity index is 1.75. The Morgan fingerprint density at radius 3 is 2.89 bits per heavy atom. The zero-order valence-corrected chi connectivity index (χ0v) is 12.2. The van der Waals surface area contributed by atoms with Gasteiger partial charge in [0.05, 0.1) is 6.10 Å². The van der Waals surface area contributed by atoms with Crippen molar-refractivity contribution in [3.63, 3.8) is 0 Å². The molecule has 3 nitrogen and oxygen atoms in total. The molecule has 0 saturated heterocycles. The van der Waals surface area contributed by atoms with Crippen LogP contribution in [0.4, 0.5) is 5.82 Å². The van der Waals surface area contributed by atoms with Gasteiger partial charge in [0.1, 0.15) is 0 Å². The molecule has 3 heteroatoms. The molecule has 106 valence electrons. The summed E-state index contributed by atoms with van der Waals surface area (Å²) in [4.78, 5) is 4.36. The first-order chi connectivity index (χ1) is 9.25. The molecule has 1 fully saturated rings. The molecule has 0 atom stereocenters. The first kappa shape index (κ1) is 14.2. The highest BCUT2D eigenvalue weighted by molar-refractivity contribution is 5.49. The molecular weight excluding hydrogens is 236 g/mol. The third-order valence-electron chi connectivity index (χ3n) is 3.69. The number of aromatic nitrogens is 1. The van der Waals surface area contributed by atoms with Crippen molar-refractivity contribution in [1.29, 1.82) is 0 Å². The summed E-state index contributed by atoms with van der Waals surface area (Å²) in [6.45, 7) is 5.07. The number of pyridine rings is 1. The fourth-order valence-electron chi connectivity index (χ4n) is 2.77. The number of anilines is 1. The van der Waals surface area contributed by atoms with Crippen LogP contribution in [0.15, 0.2) is 18.3 Å². The van der Waals surface area contributed by atoms with Crippen molar-refractivity contribution in [2.24, 2.45) is 5.92 Å². The Morgan fingerprint density at radius 2 is 2.16 bits per heavy atom. The summed E-state index contributed by atoms with van der Waals surface area (Å²) in [5.41, 5.74) is 0. The first-order valence-electron chi connectivity index (χ1n) is 7.61. The molecular formula is C16H26N2O. The molecule has 0 radical (unpaired) electrons. The van der Waals surface area contributed by atoms with Crippen LogP contribution in [0.1, 0.15) is 52.4 Å². The summed E-state index contributed by atoms with van der Waals surface area (Å²) in [6, 6.07) is 3.90. The SMILES string of the molecule is CC(C)Oc1cccnc1NCCCC1CCCC1. The second-order valence-corrected chi connectivity index (χ2v) is 5.74. The standard InChI is InChI=1S/C16H26N2O/c1-13(2)19-15-10-6-12-18-16(15)17-11-5-9-14-7-3-4-8-14/h6,10,12-14H,3-5,7-9,11H2,1-2H3,(H,17,18). The van der Waals surface area contributed by atoms with Crippen LogP contribution in [0.3, 0.4) is 0 Å². The summed E-state index contributed by atoms with van der Waals surface area (Å²) in [5.74, 6) is 2.71. The van der Waals surface area contributed by atoms with Crippen LogP contribution in [-0.4, -0.2) is 17.6 Å². The van der Waals surface area contributed by atoms with Gasteiger partial charge in [-0.05, 0) is 44.7 Å². The summed E-state index contributed by atoms with van der Waals surface area (Å²) in [5, 5.41) is 3.41. The smallest absolute Gasteiger partial charge is 0.168 e. The monoisotopic (exact) mass is 262 g/mol. The number of rotatable bonds is 7. The number of hydrogen-bond acceptors (Lipinski definition) is 3. The van der Waals surface area contributed by atoms with Crippen LogP contribution in [0.2, 0.25) is 0 Å². The predicted octanol–water partition coefficient (Wildman–Crippen LogP) is 4.25. The average Bonchev–Trinajstić information content (AvgIpc) is 2.89. The van der Waals surface area contributed by atoms with E-state index in [1.165, 1.54) is 38.5 Å². The van der Waals surface area contributed by atoms with Crippen LogP contribution in [0.5, 0.6) is 5.75 Å². The zero-order valence-electron chi connectivity index (χ0n) is 12.2. The number of nitrogens with zero attached hydrogens (tertiary/aromatic N) is 1. The van der Waals surface area contributed by atoms with Gasteiger partial charge >= 0.3 is 0 Å². The van der Waals surface area contributed by atoms with Crippen LogP contribution < -0.4 is 10.1 Å². The highest BCUT2D eigenvalue weighted by atomic mass is 16.5. The maximum atomic E-state index is 5.75. The fourth-order valence-corrected chi connectivity index (χ4v) is 2.77. The van der Waals surface area contributed by atoms with E-state index in [0.29, 0.717) is 0 Å². The lowest BCUT2D eigenvalue weighted by Crippen LogP contribution is -2.11. The highest BCUT2D eigenvalue weighted by Gasteiger charge is 2.14. The van der Waals surface area contributed by atoms with Gasteiger partial charge in [-0.25, -0.2) is 4.98 Å². The fraction of sp³-hybridized carbons (Fsp3) is 0.688. The molecule has 1 aliphatic carbocycles. The average molecular weight is 262 g/mol. The quantitative estimate of drug-likeness (QED) is 0.746. The van der Waals surface area contributed by atoms with E-state index in [0.717, 1.165) is 24.0 Å². The first-order valence-corrected chi connectivity index (χ1v) is 7.61. The molecule has 0 spiro atoms. The third kappa shape index (κ3) is 4.73. The van der Waals surface area contributed by atoms with E-state index in [-0.39, 0.29) is 6.10 Å². The number of nitrogens with one attached hydrogen (secondary N) is 1. The summed E-state index contributed by atoms with van der Waals surface area (Å²) >= 11 is 0. The minimum Gasteiger partial charge on any atom is -0.487 e. The van der Waals surface area contributed by atoms with Gasteiger partial charge in [0.2, 0.25) is 0 Å². The van der Waals surface area contributed by atoms with Crippen molar-refractivity contribution in [1.82, 2.24) is 4.98 Å². The lowest BCUT2D eigenvalue weighted by Gasteiger charge is -2.15. The van der Waals surface area contributed by atoms with E-state index in [1.54, 1.807) is 0 Å². The number of ether oxygens (including phenoxy) is 1. The lowest BCUT2D eigenvalue weighted by atomic mass is 10.0. The van der Waals surface area contributed by atoms with E-state index < -0.39 is 0 Å². The molecule has 0 unspecified atom stereocenters. The normalized spacial score (nSPS) is 15.9. The van der Waals surface area contributed by atoms with Gasteiger partial charge < -0.3 is 10.1 Å². The minimum absolute atomic E-state index is 0.184. The molecule has 1 N–H and O–H groups in total. The minimum atomic E-state index is 0.184. The molecule has 0 aromatic carbocycles. The van der Waals surface area contributed by atoms with Crippen LogP contribution >= 0.6 is 0 Å². The topological polar surface area (TPSA) is 34.1 Å². The molecule has 2 rings (SSSR count). The van der Waals surface area contributed by atoms with Gasteiger partial charge in [0.25, 0.3) is 0 Å². The Bertz CT molecular complexity index is 373. The third-order valence-corrected chi connectivity index (χ3v) is 3.69. The largest absolute Gasteiger partial charge is 0.487 e. The molecule has 19 heavy (non-hydrogen) atoms. The van der Waals surface area contributed by atoms with Crippen LogP contribution in [0.25, 0.3) is 0 Å². The van der Waals surface area contributed by atoms with Crippen molar-refractivity contribution in [2.75, 3.05) is 11.9 Å². The molecule has 1 saturated carbocycles. The summed E-state index contributed by atoms with van der Waals surface area (Å²) < 4.78 is 5.75. The number of hydrogen-bond donors (Lipinski definition) is 1. The second-order valence-electron chi connectivity index (χ2n) is 5.74. The molecule has 0 aliphatic heterocycles. The van der Waals surface area contributed by atoms with E-state index in [2.05, 4.69) is 10.3 Å². The summed E-state index contributed by atoms with van der Waals surface area (Å²) in [7, 11) is 0. The molecule has 0 amide bonds. The van der Waals surface area contributed by atoms with Gasteiger partial charge in [-0.2, -0.15) is 0 Å². The van der Waals surface area contributed by atoms with Crippen LogP contribution in [0, 0.1) is 5.92 Å². The van der Waals surface area contributed by atoms with E-state index in [4.69, 9.17) is 4.74 Å². The molecule has 0 bridgehead atoms. The van der Waals surface area contributed by atoms with Gasteiger partial charge in [-0.1, -0.05) is 25.7 Å². The van der Waals surface area contributed by atoms with Gasteiger partial charge in [-0.15, -0.1) is 0 Å². The lowest BCUT2D eigenvalue weighted by molar-refractivity contribution is 0.243. The van der Waals surface area contributed by atoms with E-state index in [9.17, 15) is 0 Å². The Kier molecular flexibility index (Phi) is 5.49. The summed E-state index contributed by atoms with van der Waals surface area (Å²) in [6.07, 6.45) is 10.3. The van der Waals surface area contributed by atoms with Crippen molar-refractivity contribution < 1.29 is 4.74 Å².